The summed E-state index contributed by atoms with van der Waals surface area (Å²) in [5.74, 6) is -0.811. The molecule has 1 heterocycles. The van der Waals surface area contributed by atoms with E-state index in [-0.39, 0.29) is 17.9 Å². The first-order chi connectivity index (χ1) is 18.8. The SMILES string of the molecule is C=CCc1cc(/C=C2/C(=O)NC(=O)N(c3ccc(C)c(Cl)c3)C2=O)cc(OC)c1OCc1ccccc1C#N. The fourth-order valence-corrected chi connectivity index (χ4v) is 4.25. The molecule has 0 bridgehead atoms. The van der Waals surface area contributed by atoms with E-state index in [0.29, 0.717) is 45.2 Å². The molecule has 0 unspecified atom stereocenters. The lowest BCUT2D eigenvalue weighted by Crippen LogP contribution is -2.54. The van der Waals surface area contributed by atoms with Gasteiger partial charge in [-0.15, -0.1) is 6.58 Å². The quantitative estimate of drug-likeness (QED) is 0.229. The number of halogens is 1. The van der Waals surface area contributed by atoms with Crippen molar-refractivity contribution in [3.05, 3.63) is 106 Å². The highest BCUT2D eigenvalue weighted by atomic mass is 35.5. The number of nitriles is 1. The van der Waals surface area contributed by atoms with Crippen LogP contribution in [0.4, 0.5) is 10.5 Å². The number of imide groups is 2. The largest absolute Gasteiger partial charge is 0.493 e. The van der Waals surface area contributed by atoms with Gasteiger partial charge in [0, 0.05) is 16.1 Å². The number of anilines is 1. The van der Waals surface area contributed by atoms with E-state index in [0.717, 1.165) is 10.5 Å². The van der Waals surface area contributed by atoms with Crippen molar-refractivity contribution in [2.24, 2.45) is 0 Å². The molecule has 1 aliphatic rings. The smallest absolute Gasteiger partial charge is 0.335 e. The fourth-order valence-electron chi connectivity index (χ4n) is 4.07. The predicted octanol–water partition coefficient (Wildman–Crippen LogP) is 5.50. The predicted molar refractivity (Wildman–Crippen MR) is 148 cm³/mol. The molecule has 3 aromatic rings. The second kappa shape index (κ2) is 11.7. The lowest BCUT2D eigenvalue weighted by atomic mass is 10.0. The molecule has 0 saturated carbocycles. The third-order valence-electron chi connectivity index (χ3n) is 6.07. The van der Waals surface area contributed by atoms with Crippen LogP contribution in [-0.2, 0) is 22.6 Å². The number of hydrogen-bond acceptors (Lipinski definition) is 6. The van der Waals surface area contributed by atoms with Crippen LogP contribution < -0.4 is 19.7 Å². The lowest BCUT2D eigenvalue weighted by Gasteiger charge is -2.26. The molecule has 1 aliphatic heterocycles. The molecule has 0 atom stereocenters. The minimum Gasteiger partial charge on any atom is -0.493 e. The summed E-state index contributed by atoms with van der Waals surface area (Å²) in [6, 6.07) is 16.5. The Labute approximate surface area is 230 Å². The highest BCUT2D eigenvalue weighted by molar-refractivity contribution is 6.39. The zero-order valence-corrected chi connectivity index (χ0v) is 22.0. The Morgan fingerprint density at radius 1 is 1.10 bits per heavy atom. The van der Waals surface area contributed by atoms with Gasteiger partial charge in [0.1, 0.15) is 12.2 Å². The molecule has 0 spiro atoms. The number of carbonyl (C=O) groups is 3. The number of urea groups is 1. The van der Waals surface area contributed by atoms with Gasteiger partial charge in [-0.1, -0.05) is 41.9 Å². The van der Waals surface area contributed by atoms with Crippen LogP contribution in [0.25, 0.3) is 6.08 Å². The van der Waals surface area contributed by atoms with E-state index >= 15 is 0 Å². The van der Waals surface area contributed by atoms with E-state index in [9.17, 15) is 19.6 Å². The van der Waals surface area contributed by atoms with E-state index in [4.69, 9.17) is 21.1 Å². The summed E-state index contributed by atoms with van der Waals surface area (Å²) in [4.78, 5) is 39.5. The van der Waals surface area contributed by atoms with Gasteiger partial charge in [-0.2, -0.15) is 5.26 Å². The number of aryl methyl sites for hydroxylation is 1. The first-order valence-electron chi connectivity index (χ1n) is 11.9. The molecule has 0 aliphatic carbocycles. The average Bonchev–Trinajstić information content (AvgIpc) is 2.92. The van der Waals surface area contributed by atoms with Crippen LogP contribution in [0.5, 0.6) is 11.5 Å². The van der Waals surface area contributed by atoms with Crippen LogP contribution in [0, 0.1) is 18.3 Å². The summed E-state index contributed by atoms with van der Waals surface area (Å²) in [7, 11) is 1.47. The standard InChI is InChI=1S/C30H24ClN3O5/c1-4-7-20-12-19(14-26(38-3)27(20)39-17-22-9-6-5-8-21(22)16-32)13-24-28(35)33-30(37)34(29(24)36)23-11-10-18(2)25(31)15-23/h4-6,8-15H,1,7,17H2,2-3H3,(H,33,35,37)/b24-13-. The zero-order chi connectivity index (χ0) is 28.1. The molecular formula is C30H24ClN3O5. The maximum atomic E-state index is 13.3. The number of rotatable bonds is 8. The Morgan fingerprint density at radius 2 is 1.87 bits per heavy atom. The van der Waals surface area contributed by atoms with Crippen LogP contribution in [0.3, 0.4) is 0 Å². The Morgan fingerprint density at radius 3 is 2.56 bits per heavy atom. The third-order valence-corrected chi connectivity index (χ3v) is 6.48. The normalized spacial score (nSPS) is 14.2. The topological polar surface area (TPSA) is 109 Å². The highest BCUT2D eigenvalue weighted by Gasteiger charge is 2.37. The van der Waals surface area contributed by atoms with E-state index in [1.54, 1.807) is 55.5 Å². The van der Waals surface area contributed by atoms with Crippen LogP contribution in [-0.4, -0.2) is 25.0 Å². The van der Waals surface area contributed by atoms with Gasteiger partial charge in [0.25, 0.3) is 11.8 Å². The summed E-state index contributed by atoms with van der Waals surface area (Å²) in [5.41, 5.74) is 3.14. The van der Waals surface area contributed by atoms with Gasteiger partial charge in [-0.25, -0.2) is 9.69 Å². The molecule has 39 heavy (non-hydrogen) atoms. The Balaban J connectivity index is 1.71. The van der Waals surface area contributed by atoms with Crippen molar-refractivity contribution < 1.29 is 23.9 Å². The lowest BCUT2D eigenvalue weighted by molar-refractivity contribution is -0.122. The first kappa shape index (κ1) is 27.2. The summed E-state index contributed by atoms with van der Waals surface area (Å²) in [6.45, 7) is 5.73. The van der Waals surface area contributed by atoms with Crippen molar-refractivity contribution in [3.8, 4) is 17.6 Å². The van der Waals surface area contributed by atoms with Crippen molar-refractivity contribution in [2.45, 2.75) is 20.0 Å². The third kappa shape index (κ3) is 5.69. The van der Waals surface area contributed by atoms with Gasteiger partial charge < -0.3 is 9.47 Å². The number of nitrogens with zero attached hydrogens (tertiary/aromatic N) is 2. The summed E-state index contributed by atoms with van der Waals surface area (Å²) in [6.07, 6.45) is 3.47. The van der Waals surface area contributed by atoms with E-state index in [1.165, 1.54) is 19.3 Å². The van der Waals surface area contributed by atoms with E-state index < -0.39 is 17.8 Å². The molecule has 1 saturated heterocycles. The van der Waals surface area contributed by atoms with Crippen LogP contribution in [0.15, 0.2) is 72.8 Å². The van der Waals surface area contributed by atoms with Gasteiger partial charge in [0.2, 0.25) is 0 Å². The molecular weight excluding hydrogens is 518 g/mol. The number of amides is 4. The Hall–Kier alpha value is -4.87. The number of ether oxygens (including phenoxy) is 2. The molecule has 1 fully saturated rings. The first-order valence-corrected chi connectivity index (χ1v) is 12.2. The van der Waals surface area contributed by atoms with Gasteiger partial charge in [-0.3, -0.25) is 14.9 Å². The molecule has 4 amide bonds. The number of carbonyl (C=O) groups excluding carboxylic acids is 3. The summed E-state index contributed by atoms with van der Waals surface area (Å²) in [5, 5.41) is 12.0. The van der Waals surface area contributed by atoms with Gasteiger partial charge in [0.15, 0.2) is 11.5 Å². The van der Waals surface area contributed by atoms with Gasteiger partial charge in [-0.05, 0) is 60.9 Å². The van der Waals surface area contributed by atoms with E-state index in [2.05, 4.69) is 18.0 Å². The Kier molecular flexibility index (Phi) is 8.13. The highest BCUT2D eigenvalue weighted by Crippen LogP contribution is 2.36. The number of barbiturate groups is 1. The molecule has 8 nitrogen and oxygen atoms in total. The molecule has 0 aromatic heterocycles. The fraction of sp³-hybridized carbons (Fsp3) is 0.133. The van der Waals surface area contributed by atoms with Crippen molar-refractivity contribution >= 4 is 41.2 Å². The van der Waals surface area contributed by atoms with Crippen molar-refractivity contribution in [1.82, 2.24) is 5.32 Å². The summed E-state index contributed by atoms with van der Waals surface area (Å²) < 4.78 is 11.7. The monoisotopic (exact) mass is 541 g/mol. The number of nitrogens with one attached hydrogen (secondary N) is 1. The van der Waals surface area contributed by atoms with E-state index in [1.807, 2.05) is 6.07 Å². The minimum atomic E-state index is -0.867. The molecule has 3 aromatic carbocycles. The number of methoxy groups -OCH3 is 1. The maximum absolute atomic E-state index is 13.3. The van der Waals surface area contributed by atoms with Crippen molar-refractivity contribution in [3.63, 3.8) is 0 Å². The molecule has 1 N–H and O–H groups in total. The maximum Gasteiger partial charge on any atom is 0.335 e. The van der Waals surface area contributed by atoms with Crippen LogP contribution in [0.1, 0.15) is 27.8 Å². The minimum absolute atomic E-state index is 0.127. The average molecular weight is 542 g/mol. The second-order valence-electron chi connectivity index (χ2n) is 8.65. The van der Waals surface area contributed by atoms with Crippen LogP contribution in [0.2, 0.25) is 5.02 Å². The van der Waals surface area contributed by atoms with Crippen LogP contribution >= 0.6 is 11.6 Å². The molecule has 196 valence electrons. The molecule has 9 heteroatoms. The Bertz CT molecular complexity index is 1570. The molecule has 0 radical (unpaired) electrons. The zero-order valence-electron chi connectivity index (χ0n) is 21.3. The second-order valence-corrected chi connectivity index (χ2v) is 9.06. The molecule has 4 rings (SSSR count). The number of hydrogen-bond donors (Lipinski definition) is 1. The number of benzene rings is 3. The van der Waals surface area contributed by atoms with Crippen molar-refractivity contribution in [2.75, 3.05) is 12.0 Å². The number of allylic oxidation sites excluding steroid dienone is 1. The van der Waals surface area contributed by atoms with Crippen molar-refractivity contribution in [1.29, 1.82) is 5.26 Å². The summed E-state index contributed by atoms with van der Waals surface area (Å²) >= 11 is 6.20. The van der Waals surface area contributed by atoms with Gasteiger partial charge in [0.05, 0.1) is 24.4 Å². The van der Waals surface area contributed by atoms with Gasteiger partial charge >= 0.3 is 6.03 Å².